The lowest BCUT2D eigenvalue weighted by atomic mass is 9.76. The summed E-state index contributed by atoms with van der Waals surface area (Å²) in [6, 6.07) is 12.1. The predicted molar refractivity (Wildman–Crippen MR) is 124 cm³/mol. The molecule has 4 rings (SSSR count). The van der Waals surface area contributed by atoms with Gasteiger partial charge in [0, 0.05) is 36.5 Å². The fourth-order valence-electron chi connectivity index (χ4n) is 4.38. The van der Waals surface area contributed by atoms with E-state index in [1.807, 2.05) is 31.5 Å². The lowest BCUT2D eigenvalue weighted by Crippen LogP contribution is -2.33. The normalized spacial score (nSPS) is 17.9. The van der Waals surface area contributed by atoms with Crippen molar-refractivity contribution >= 4 is 28.5 Å². The van der Waals surface area contributed by atoms with Crippen LogP contribution in [0.15, 0.2) is 60.0 Å². The van der Waals surface area contributed by atoms with Gasteiger partial charge in [-0.25, -0.2) is 9.98 Å². The first kappa shape index (κ1) is 21.6. The smallest absolute Gasteiger partial charge is 0.323 e. The summed E-state index contributed by atoms with van der Waals surface area (Å²) in [5.41, 5.74) is 10.0. The third-order valence-corrected chi connectivity index (χ3v) is 5.98. The zero-order valence-corrected chi connectivity index (χ0v) is 18.4. The molecule has 8 heteroatoms. The number of rotatable bonds is 7. The van der Waals surface area contributed by atoms with Gasteiger partial charge in [0.1, 0.15) is 12.2 Å². The van der Waals surface area contributed by atoms with Crippen LogP contribution in [0.4, 0.5) is 0 Å². The van der Waals surface area contributed by atoms with Crippen LogP contribution in [0.5, 0.6) is 0 Å². The SMILES string of the molecule is COCC(C)(c1ccc(C2=CNC(N)=NC2C)cc1)c1cn(CC(=O)O)c2ncccc12. The molecule has 2 aromatic heterocycles. The van der Waals surface area contributed by atoms with Gasteiger partial charge in [0.25, 0.3) is 0 Å². The molecule has 0 spiro atoms. The van der Waals surface area contributed by atoms with Gasteiger partial charge in [-0.15, -0.1) is 0 Å². The van der Waals surface area contributed by atoms with Crippen LogP contribution in [-0.2, 0) is 21.5 Å². The summed E-state index contributed by atoms with van der Waals surface area (Å²) >= 11 is 0. The Morgan fingerprint density at radius 2 is 2.06 bits per heavy atom. The van der Waals surface area contributed by atoms with Crippen molar-refractivity contribution in [3.8, 4) is 0 Å². The maximum atomic E-state index is 11.4. The number of aromatic nitrogens is 2. The molecule has 3 aromatic rings. The van der Waals surface area contributed by atoms with Gasteiger partial charge in [-0.2, -0.15) is 0 Å². The minimum Gasteiger partial charge on any atom is -0.480 e. The summed E-state index contributed by atoms with van der Waals surface area (Å²) in [7, 11) is 1.67. The van der Waals surface area contributed by atoms with Gasteiger partial charge in [0.2, 0.25) is 0 Å². The van der Waals surface area contributed by atoms with Crippen LogP contribution in [-0.4, -0.2) is 46.3 Å². The predicted octanol–water partition coefficient (Wildman–Crippen LogP) is 2.72. The van der Waals surface area contributed by atoms with Crippen molar-refractivity contribution in [3.05, 3.63) is 71.7 Å². The van der Waals surface area contributed by atoms with Crippen LogP contribution in [0.3, 0.4) is 0 Å². The standard InChI is InChI=1S/C24H27N5O3/c1-15-19(11-27-23(25)28-15)16-6-8-17(9-7-16)24(2,14-32-3)20-12-29(13-21(30)31)22-18(20)5-4-10-26-22/h4-12,15H,13-14H2,1-3H3,(H,30,31)(H3,25,27,28). The summed E-state index contributed by atoms with van der Waals surface area (Å²) in [5, 5.41) is 13.2. The van der Waals surface area contributed by atoms with Gasteiger partial charge in [-0.05, 0) is 48.2 Å². The largest absolute Gasteiger partial charge is 0.480 e. The fourth-order valence-corrected chi connectivity index (χ4v) is 4.38. The van der Waals surface area contributed by atoms with E-state index in [1.165, 1.54) is 0 Å². The zero-order chi connectivity index (χ0) is 22.9. The minimum absolute atomic E-state index is 0.0347. The van der Waals surface area contributed by atoms with Gasteiger partial charge in [0.15, 0.2) is 5.96 Å². The number of benzene rings is 1. The Bertz CT molecular complexity index is 1210. The number of guanidine groups is 1. The van der Waals surface area contributed by atoms with Crippen LogP contribution >= 0.6 is 0 Å². The number of pyridine rings is 1. The first-order valence-electron chi connectivity index (χ1n) is 10.4. The summed E-state index contributed by atoms with van der Waals surface area (Å²) in [5.74, 6) is -0.499. The Morgan fingerprint density at radius 3 is 2.72 bits per heavy atom. The first-order valence-corrected chi connectivity index (χ1v) is 10.4. The van der Waals surface area contributed by atoms with Gasteiger partial charge in [0.05, 0.1) is 12.6 Å². The van der Waals surface area contributed by atoms with Gasteiger partial charge in [-0.3, -0.25) is 4.79 Å². The van der Waals surface area contributed by atoms with Crippen LogP contribution in [0, 0.1) is 0 Å². The third-order valence-electron chi connectivity index (χ3n) is 5.98. The topological polar surface area (TPSA) is 115 Å². The Hall–Kier alpha value is -3.65. The molecule has 0 aliphatic carbocycles. The van der Waals surface area contributed by atoms with Crippen molar-refractivity contribution in [3.63, 3.8) is 0 Å². The summed E-state index contributed by atoms with van der Waals surface area (Å²) in [6.07, 6.45) is 5.45. The van der Waals surface area contributed by atoms with Gasteiger partial charge < -0.3 is 25.5 Å². The maximum Gasteiger partial charge on any atom is 0.323 e. The maximum absolute atomic E-state index is 11.4. The van der Waals surface area contributed by atoms with E-state index in [0.717, 1.165) is 27.6 Å². The van der Waals surface area contributed by atoms with Gasteiger partial charge in [-0.1, -0.05) is 24.3 Å². The summed E-state index contributed by atoms with van der Waals surface area (Å²) in [6.45, 7) is 4.38. The van der Waals surface area contributed by atoms with Crippen LogP contribution in [0.2, 0.25) is 0 Å². The average Bonchev–Trinajstić information content (AvgIpc) is 3.13. The Balaban J connectivity index is 1.78. The van der Waals surface area contributed by atoms with E-state index >= 15 is 0 Å². The second kappa shape index (κ2) is 8.47. The number of fused-ring (bicyclic) bond motifs is 1. The molecule has 0 fully saturated rings. The van der Waals surface area contributed by atoms with Crippen molar-refractivity contribution in [1.82, 2.24) is 14.9 Å². The number of carboxylic acid groups (broad SMARTS) is 1. The summed E-state index contributed by atoms with van der Waals surface area (Å²) in [4.78, 5) is 20.2. The molecule has 0 radical (unpaired) electrons. The summed E-state index contributed by atoms with van der Waals surface area (Å²) < 4.78 is 7.31. The van der Waals surface area contributed by atoms with Crippen molar-refractivity contribution in [1.29, 1.82) is 0 Å². The number of aliphatic imine (C=N–C) groups is 1. The number of aliphatic carboxylic acids is 1. The molecule has 0 saturated carbocycles. The van der Waals surface area contributed by atoms with E-state index in [9.17, 15) is 9.90 Å². The number of nitrogens with one attached hydrogen (secondary N) is 1. The highest BCUT2D eigenvalue weighted by molar-refractivity contribution is 5.86. The fraction of sp³-hybridized carbons (Fsp3) is 0.292. The molecule has 2 atom stereocenters. The van der Waals surface area contributed by atoms with Crippen molar-refractivity contribution in [2.24, 2.45) is 10.7 Å². The van der Waals surface area contributed by atoms with E-state index in [1.54, 1.807) is 17.9 Å². The molecule has 166 valence electrons. The van der Waals surface area contributed by atoms with Crippen LogP contribution in [0.1, 0.15) is 30.5 Å². The number of carboxylic acids is 1. The van der Waals surface area contributed by atoms with Crippen LogP contribution < -0.4 is 11.1 Å². The second-order valence-corrected chi connectivity index (χ2v) is 8.22. The molecule has 32 heavy (non-hydrogen) atoms. The molecular formula is C24H27N5O3. The van der Waals surface area contributed by atoms with E-state index in [4.69, 9.17) is 10.5 Å². The quantitative estimate of drug-likeness (QED) is 0.528. The van der Waals surface area contributed by atoms with Gasteiger partial charge >= 0.3 is 5.97 Å². The molecule has 1 aliphatic heterocycles. The molecule has 4 N–H and O–H groups in total. The molecule has 8 nitrogen and oxygen atoms in total. The molecule has 0 saturated heterocycles. The highest BCUT2D eigenvalue weighted by Gasteiger charge is 2.33. The zero-order valence-electron chi connectivity index (χ0n) is 18.4. The molecule has 0 bridgehead atoms. The van der Waals surface area contributed by atoms with E-state index in [0.29, 0.717) is 18.2 Å². The van der Waals surface area contributed by atoms with Crippen molar-refractivity contribution < 1.29 is 14.6 Å². The molecule has 0 amide bonds. The first-order chi connectivity index (χ1) is 15.3. The van der Waals surface area contributed by atoms with E-state index < -0.39 is 11.4 Å². The molecule has 1 aliphatic rings. The number of ether oxygens (including phenoxy) is 1. The van der Waals surface area contributed by atoms with E-state index in [2.05, 4.69) is 46.5 Å². The number of carbonyl (C=O) groups is 1. The minimum atomic E-state index is -0.913. The monoisotopic (exact) mass is 433 g/mol. The van der Waals surface area contributed by atoms with Crippen molar-refractivity contribution in [2.45, 2.75) is 31.8 Å². The van der Waals surface area contributed by atoms with Crippen molar-refractivity contribution in [2.75, 3.05) is 13.7 Å². The highest BCUT2D eigenvalue weighted by Crippen LogP contribution is 2.38. The third kappa shape index (κ3) is 3.85. The number of hydrogen-bond donors (Lipinski definition) is 3. The highest BCUT2D eigenvalue weighted by atomic mass is 16.5. The Labute approximate surface area is 186 Å². The Morgan fingerprint density at radius 1 is 1.31 bits per heavy atom. The number of methoxy groups -OCH3 is 1. The molecular weight excluding hydrogens is 406 g/mol. The second-order valence-electron chi connectivity index (χ2n) is 8.22. The van der Waals surface area contributed by atoms with Crippen LogP contribution in [0.25, 0.3) is 16.6 Å². The molecule has 3 heterocycles. The van der Waals surface area contributed by atoms with E-state index in [-0.39, 0.29) is 12.6 Å². The average molecular weight is 434 g/mol. The number of hydrogen-bond acceptors (Lipinski definition) is 6. The number of nitrogens with zero attached hydrogens (tertiary/aromatic N) is 3. The Kier molecular flexibility index (Phi) is 5.71. The number of nitrogens with two attached hydrogens (primary N) is 1. The molecule has 2 unspecified atom stereocenters. The lowest BCUT2D eigenvalue weighted by molar-refractivity contribution is -0.137. The molecule has 1 aromatic carbocycles. The lowest BCUT2D eigenvalue weighted by Gasteiger charge is -2.30.